The number of carbonyl (C=O) groups excluding carboxylic acids is 2. The van der Waals surface area contributed by atoms with E-state index < -0.39 is 6.04 Å². The van der Waals surface area contributed by atoms with Crippen LogP contribution in [-0.4, -0.2) is 23.3 Å². The lowest BCUT2D eigenvalue weighted by molar-refractivity contribution is -0.131. The van der Waals surface area contributed by atoms with Gasteiger partial charge >= 0.3 is 0 Å². The second-order valence-corrected chi connectivity index (χ2v) is 4.90. The predicted molar refractivity (Wildman–Crippen MR) is 78.7 cm³/mol. The van der Waals surface area contributed by atoms with Crippen molar-refractivity contribution in [1.82, 2.24) is 10.3 Å². The van der Waals surface area contributed by atoms with Gasteiger partial charge in [-0.25, -0.2) is 0 Å². The highest BCUT2D eigenvalue weighted by atomic mass is 16.2. The summed E-state index contributed by atoms with van der Waals surface area (Å²) in [5.74, 6) is -0.316. The van der Waals surface area contributed by atoms with Gasteiger partial charge in [0.1, 0.15) is 6.04 Å². The Balaban J connectivity index is 2.11. The number of nitrogens with one attached hydrogen (secondary N) is 1. The molecule has 1 saturated heterocycles. The molecule has 1 fully saturated rings. The van der Waals surface area contributed by atoms with Crippen molar-refractivity contribution in [2.75, 3.05) is 11.4 Å². The van der Waals surface area contributed by atoms with Crippen LogP contribution < -0.4 is 10.2 Å². The van der Waals surface area contributed by atoms with Crippen LogP contribution in [-0.2, 0) is 9.59 Å². The number of anilines is 1. The summed E-state index contributed by atoms with van der Waals surface area (Å²) in [4.78, 5) is 30.4. The van der Waals surface area contributed by atoms with E-state index in [2.05, 4.69) is 10.3 Å². The summed E-state index contributed by atoms with van der Waals surface area (Å²) in [7, 11) is 0. The number of aromatic nitrogens is 1. The van der Waals surface area contributed by atoms with Crippen molar-refractivity contribution in [3.05, 3.63) is 59.9 Å². The summed E-state index contributed by atoms with van der Waals surface area (Å²) in [6, 6.07) is 12.2. The zero-order valence-electron chi connectivity index (χ0n) is 11.6. The first-order valence-corrected chi connectivity index (χ1v) is 6.75. The molecule has 0 bridgehead atoms. The van der Waals surface area contributed by atoms with E-state index in [1.165, 1.54) is 4.90 Å². The average Bonchev–Trinajstić information content (AvgIpc) is 2.51. The third kappa shape index (κ3) is 2.38. The number of aryl methyl sites for hydroxylation is 1. The summed E-state index contributed by atoms with van der Waals surface area (Å²) in [5.41, 5.74) is 2.18. The molecule has 1 unspecified atom stereocenters. The second-order valence-electron chi connectivity index (χ2n) is 4.90. The molecule has 3 rings (SSSR count). The molecule has 2 heterocycles. The fourth-order valence-corrected chi connectivity index (χ4v) is 2.55. The lowest BCUT2D eigenvalue weighted by Crippen LogP contribution is -2.54. The number of hydrogen-bond donors (Lipinski definition) is 1. The van der Waals surface area contributed by atoms with Gasteiger partial charge in [0, 0.05) is 6.20 Å². The Kier molecular flexibility index (Phi) is 3.39. The highest BCUT2D eigenvalue weighted by Crippen LogP contribution is 2.30. The third-order valence-electron chi connectivity index (χ3n) is 3.54. The molecule has 0 saturated carbocycles. The van der Waals surface area contributed by atoms with Crippen LogP contribution in [0.4, 0.5) is 5.69 Å². The maximum Gasteiger partial charge on any atom is 0.248 e. The van der Waals surface area contributed by atoms with Crippen molar-refractivity contribution in [2.24, 2.45) is 0 Å². The maximum absolute atomic E-state index is 12.4. The van der Waals surface area contributed by atoms with Gasteiger partial charge in [-0.05, 0) is 24.6 Å². The van der Waals surface area contributed by atoms with Crippen molar-refractivity contribution in [1.29, 1.82) is 0 Å². The first-order valence-electron chi connectivity index (χ1n) is 6.75. The van der Waals surface area contributed by atoms with Crippen LogP contribution in [0.25, 0.3) is 0 Å². The van der Waals surface area contributed by atoms with Crippen LogP contribution in [0.2, 0.25) is 0 Å². The fraction of sp³-hybridized carbons (Fsp3) is 0.188. The van der Waals surface area contributed by atoms with Crippen LogP contribution in [0.3, 0.4) is 0 Å². The maximum atomic E-state index is 12.4. The highest BCUT2D eigenvalue weighted by molar-refractivity contribution is 6.07. The molecule has 0 spiro atoms. The SMILES string of the molecule is Cc1ncccc1N1C(=O)CNC(=O)C1c1ccccc1. The number of nitrogens with zero attached hydrogens (tertiary/aromatic N) is 2. The molecule has 21 heavy (non-hydrogen) atoms. The first kappa shape index (κ1) is 13.3. The molecule has 5 heteroatoms. The van der Waals surface area contributed by atoms with Gasteiger partial charge in [0.25, 0.3) is 0 Å². The van der Waals surface area contributed by atoms with Crippen molar-refractivity contribution < 1.29 is 9.59 Å². The van der Waals surface area contributed by atoms with Crippen LogP contribution in [0.5, 0.6) is 0 Å². The van der Waals surface area contributed by atoms with Crippen molar-refractivity contribution >= 4 is 17.5 Å². The summed E-state index contributed by atoms with van der Waals surface area (Å²) in [6.07, 6.45) is 1.67. The molecule has 1 aromatic carbocycles. The van der Waals surface area contributed by atoms with Gasteiger partial charge in [0.05, 0.1) is 17.9 Å². The third-order valence-corrected chi connectivity index (χ3v) is 3.54. The molecule has 1 aliphatic rings. The predicted octanol–water partition coefficient (Wildman–Crippen LogP) is 1.59. The van der Waals surface area contributed by atoms with Crippen molar-refractivity contribution in [3.63, 3.8) is 0 Å². The molecule has 0 aliphatic carbocycles. The zero-order chi connectivity index (χ0) is 14.8. The minimum Gasteiger partial charge on any atom is -0.345 e. The highest BCUT2D eigenvalue weighted by Gasteiger charge is 2.37. The number of carbonyl (C=O) groups is 2. The zero-order valence-corrected chi connectivity index (χ0v) is 11.6. The number of amides is 2. The summed E-state index contributed by atoms with van der Waals surface area (Å²) < 4.78 is 0. The van der Waals surface area contributed by atoms with Crippen LogP contribution in [0.15, 0.2) is 48.7 Å². The Morgan fingerprint density at radius 2 is 1.90 bits per heavy atom. The largest absolute Gasteiger partial charge is 0.345 e. The Morgan fingerprint density at radius 1 is 1.14 bits per heavy atom. The lowest BCUT2D eigenvalue weighted by atomic mass is 10.0. The summed E-state index contributed by atoms with van der Waals surface area (Å²) in [6.45, 7) is 1.84. The molecule has 5 nitrogen and oxygen atoms in total. The summed E-state index contributed by atoms with van der Waals surface area (Å²) in [5, 5.41) is 2.65. The molecule has 1 atom stereocenters. The van der Waals surface area contributed by atoms with E-state index in [0.29, 0.717) is 5.69 Å². The molecule has 106 valence electrons. The van der Waals surface area contributed by atoms with E-state index in [4.69, 9.17) is 0 Å². The van der Waals surface area contributed by atoms with Crippen molar-refractivity contribution in [2.45, 2.75) is 13.0 Å². The number of benzene rings is 1. The molecule has 2 aromatic rings. The minimum atomic E-state index is -0.657. The first-order chi connectivity index (χ1) is 10.2. The molecule has 1 aliphatic heterocycles. The topological polar surface area (TPSA) is 62.3 Å². The summed E-state index contributed by atoms with van der Waals surface area (Å²) >= 11 is 0. The fourth-order valence-electron chi connectivity index (χ4n) is 2.55. The van der Waals surface area contributed by atoms with Crippen LogP contribution >= 0.6 is 0 Å². The van der Waals surface area contributed by atoms with E-state index in [1.807, 2.05) is 43.3 Å². The van der Waals surface area contributed by atoms with Crippen LogP contribution in [0, 0.1) is 6.92 Å². The van der Waals surface area contributed by atoms with Gasteiger partial charge in [-0.15, -0.1) is 0 Å². The lowest BCUT2D eigenvalue weighted by Gasteiger charge is -2.35. The Morgan fingerprint density at radius 3 is 2.62 bits per heavy atom. The quantitative estimate of drug-likeness (QED) is 0.909. The van der Waals surface area contributed by atoms with Gasteiger partial charge in [-0.3, -0.25) is 19.5 Å². The van der Waals surface area contributed by atoms with Crippen molar-refractivity contribution in [3.8, 4) is 0 Å². The molecule has 1 N–H and O–H groups in total. The van der Waals surface area contributed by atoms with E-state index in [1.54, 1.807) is 12.3 Å². The van der Waals surface area contributed by atoms with E-state index >= 15 is 0 Å². The number of hydrogen-bond acceptors (Lipinski definition) is 3. The second kappa shape index (κ2) is 5.36. The smallest absolute Gasteiger partial charge is 0.248 e. The normalized spacial score (nSPS) is 18.5. The van der Waals surface area contributed by atoms with Gasteiger partial charge in [-0.1, -0.05) is 30.3 Å². The molecule has 1 aromatic heterocycles. The van der Waals surface area contributed by atoms with Crippen LogP contribution in [0.1, 0.15) is 17.3 Å². The number of piperazine rings is 1. The van der Waals surface area contributed by atoms with E-state index in [0.717, 1.165) is 11.3 Å². The average molecular weight is 281 g/mol. The van der Waals surface area contributed by atoms with Gasteiger partial charge in [0.2, 0.25) is 11.8 Å². The molecular formula is C16H15N3O2. The molecule has 0 radical (unpaired) electrons. The van der Waals surface area contributed by atoms with E-state index in [-0.39, 0.29) is 18.4 Å². The van der Waals surface area contributed by atoms with Gasteiger partial charge in [-0.2, -0.15) is 0 Å². The Hall–Kier alpha value is -2.69. The Bertz CT molecular complexity index is 685. The standard InChI is InChI=1S/C16H15N3O2/c1-11-13(8-5-9-17-11)19-14(20)10-18-16(21)15(19)12-6-3-2-4-7-12/h2-9,15H,10H2,1H3,(H,18,21). The number of pyridine rings is 1. The minimum absolute atomic E-state index is 0.0104. The molecule has 2 amide bonds. The molecular weight excluding hydrogens is 266 g/mol. The van der Waals surface area contributed by atoms with Gasteiger partial charge < -0.3 is 5.32 Å². The Labute approximate surface area is 122 Å². The number of rotatable bonds is 2. The van der Waals surface area contributed by atoms with Gasteiger partial charge in [0.15, 0.2) is 0 Å². The monoisotopic (exact) mass is 281 g/mol. The van der Waals surface area contributed by atoms with E-state index in [9.17, 15) is 9.59 Å².